The first-order valence-electron chi connectivity index (χ1n) is 4.77. The van der Waals surface area contributed by atoms with Gasteiger partial charge in [-0.2, -0.15) is 0 Å². The highest BCUT2D eigenvalue weighted by molar-refractivity contribution is 5.67. The summed E-state index contributed by atoms with van der Waals surface area (Å²) < 4.78 is 4.94. The highest BCUT2D eigenvalue weighted by Gasteiger charge is 2.10. The van der Waals surface area contributed by atoms with Crippen LogP contribution in [0.5, 0.6) is 0 Å². The van der Waals surface area contributed by atoms with Crippen molar-refractivity contribution in [1.82, 2.24) is 5.32 Å². The Morgan fingerprint density at radius 1 is 1.54 bits per heavy atom. The summed E-state index contributed by atoms with van der Waals surface area (Å²) in [7, 11) is 0. The minimum absolute atomic E-state index is 0.0737. The van der Waals surface area contributed by atoms with E-state index in [1.807, 2.05) is 20.8 Å². The van der Waals surface area contributed by atoms with Crippen LogP contribution in [0.4, 0.5) is 4.79 Å². The molecule has 0 radical (unpaired) electrons. The minimum Gasteiger partial charge on any atom is -0.447 e. The van der Waals surface area contributed by atoms with Gasteiger partial charge in [0, 0.05) is 6.04 Å². The molecule has 4 nitrogen and oxygen atoms in total. The van der Waals surface area contributed by atoms with Gasteiger partial charge in [-0.05, 0) is 33.2 Å². The van der Waals surface area contributed by atoms with Gasteiger partial charge in [0.25, 0.3) is 0 Å². The lowest BCUT2D eigenvalue weighted by atomic mass is 10.1. The molecule has 0 spiro atoms. The maximum atomic E-state index is 11.1. The Labute approximate surface area is 79.8 Å². The standard InChI is InChI=1S/C9H20N2O2/c1-4-8(5-6-10)11-9(12)13-7(2)3/h7-8H,4-6,10H2,1-3H3,(H,11,12). The number of nitrogens with two attached hydrogens (primary N) is 1. The molecule has 0 aliphatic heterocycles. The molecule has 0 aliphatic carbocycles. The lowest BCUT2D eigenvalue weighted by Gasteiger charge is -2.16. The Kier molecular flexibility index (Phi) is 6.32. The van der Waals surface area contributed by atoms with Gasteiger partial charge in [-0.15, -0.1) is 0 Å². The molecule has 1 amide bonds. The zero-order valence-corrected chi connectivity index (χ0v) is 8.67. The van der Waals surface area contributed by atoms with Crippen molar-refractivity contribution in [1.29, 1.82) is 0 Å². The second-order valence-corrected chi connectivity index (χ2v) is 3.28. The summed E-state index contributed by atoms with van der Waals surface area (Å²) in [6.45, 7) is 6.24. The van der Waals surface area contributed by atoms with Gasteiger partial charge in [-0.1, -0.05) is 6.92 Å². The molecule has 3 N–H and O–H groups in total. The van der Waals surface area contributed by atoms with Crippen molar-refractivity contribution in [3.63, 3.8) is 0 Å². The zero-order valence-electron chi connectivity index (χ0n) is 8.67. The van der Waals surface area contributed by atoms with E-state index in [2.05, 4.69) is 5.32 Å². The van der Waals surface area contributed by atoms with Gasteiger partial charge < -0.3 is 15.8 Å². The average molecular weight is 188 g/mol. The van der Waals surface area contributed by atoms with Crippen LogP contribution in [-0.4, -0.2) is 24.8 Å². The summed E-state index contributed by atoms with van der Waals surface area (Å²) in [5, 5.41) is 2.76. The molecule has 78 valence electrons. The fraction of sp³-hybridized carbons (Fsp3) is 0.889. The topological polar surface area (TPSA) is 64.3 Å². The van der Waals surface area contributed by atoms with Crippen molar-refractivity contribution in [3.05, 3.63) is 0 Å². The van der Waals surface area contributed by atoms with Crippen molar-refractivity contribution in [2.45, 2.75) is 45.8 Å². The van der Waals surface area contributed by atoms with E-state index in [1.54, 1.807) is 0 Å². The van der Waals surface area contributed by atoms with Crippen molar-refractivity contribution in [3.8, 4) is 0 Å². The Morgan fingerprint density at radius 2 is 2.15 bits per heavy atom. The number of rotatable bonds is 5. The maximum absolute atomic E-state index is 11.1. The number of hydrogen-bond donors (Lipinski definition) is 2. The van der Waals surface area contributed by atoms with E-state index >= 15 is 0 Å². The first kappa shape index (κ1) is 12.2. The summed E-state index contributed by atoms with van der Waals surface area (Å²) in [5.74, 6) is 0. The van der Waals surface area contributed by atoms with Crippen LogP contribution < -0.4 is 11.1 Å². The molecule has 0 aliphatic rings. The van der Waals surface area contributed by atoms with Crippen molar-refractivity contribution < 1.29 is 9.53 Å². The third-order valence-electron chi connectivity index (χ3n) is 1.67. The van der Waals surface area contributed by atoms with Gasteiger partial charge in [0.2, 0.25) is 0 Å². The molecule has 0 aromatic rings. The van der Waals surface area contributed by atoms with Crippen LogP contribution in [0.15, 0.2) is 0 Å². The molecular formula is C9H20N2O2. The molecule has 0 fully saturated rings. The third-order valence-corrected chi connectivity index (χ3v) is 1.67. The lowest BCUT2D eigenvalue weighted by molar-refractivity contribution is 0.111. The number of carbonyl (C=O) groups excluding carboxylic acids is 1. The van der Waals surface area contributed by atoms with Crippen molar-refractivity contribution >= 4 is 6.09 Å². The molecule has 0 saturated heterocycles. The van der Waals surface area contributed by atoms with E-state index in [0.29, 0.717) is 6.54 Å². The van der Waals surface area contributed by atoms with Crippen LogP contribution >= 0.6 is 0 Å². The maximum Gasteiger partial charge on any atom is 0.407 e. The highest BCUT2D eigenvalue weighted by Crippen LogP contribution is 1.97. The Balaban J connectivity index is 3.73. The number of carbonyl (C=O) groups is 1. The number of amides is 1. The summed E-state index contributed by atoms with van der Waals surface area (Å²) >= 11 is 0. The number of hydrogen-bond acceptors (Lipinski definition) is 3. The molecule has 1 unspecified atom stereocenters. The number of nitrogens with one attached hydrogen (secondary N) is 1. The summed E-state index contributed by atoms with van der Waals surface area (Å²) in [5.41, 5.74) is 5.39. The van der Waals surface area contributed by atoms with Crippen LogP contribution in [0.2, 0.25) is 0 Å². The number of alkyl carbamates (subject to hydrolysis) is 1. The largest absolute Gasteiger partial charge is 0.447 e. The lowest BCUT2D eigenvalue weighted by Crippen LogP contribution is -2.37. The molecule has 0 saturated carbocycles. The predicted molar refractivity (Wildman–Crippen MR) is 52.5 cm³/mol. The Hall–Kier alpha value is -0.770. The molecular weight excluding hydrogens is 168 g/mol. The van der Waals surface area contributed by atoms with Gasteiger partial charge in [0.05, 0.1) is 6.10 Å². The predicted octanol–water partition coefficient (Wildman–Crippen LogP) is 1.25. The molecule has 1 atom stereocenters. The van der Waals surface area contributed by atoms with Crippen LogP contribution in [-0.2, 0) is 4.74 Å². The van der Waals surface area contributed by atoms with E-state index in [9.17, 15) is 4.79 Å². The van der Waals surface area contributed by atoms with Gasteiger partial charge >= 0.3 is 6.09 Å². The van der Waals surface area contributed by atoms with E-state index < -0.39 is 0 Å². The van der Waals surface area contributed by atoms with Crippen LogP contribution in [0, 0.1) is 0 Å². The summed E-state index contributed by atoms with van der Waals surface area (Å²) in [4.78, 5) is 11.1. The fourth-order valence-electron chi connectivity index (χ4n) is 0.994. The molecule has 0 bridgehead atoms. The van der Waals surface area contributed by atoms with Crippen molar-refractivity contribution in [2.24, 2.45) is 5.73 Å². The summed E-state index contributed by atoms with van der Waals surface area (Å²) in [6.07, 6.45) is 1.25. The second-order valence-electron chi connectivity index (χ2n) is 3.28. The molecule has 0 rings (SSSR count). The highest BCUT2D eigenvalue weighted by atomic mass is 16.6. The number of ether oxygens (including phenoxy) is 1. The smallest absolute Gasteiger partial charge is 0.407 e. The Morgan fingerprint density at radius 3 is 2.54 bits per heavy atom. The molecule has 4 heteroatoms. The monoisotopic (exact) mass is 188 g/mol. The SMILES string of the molecule is CCC(CCN)NC(=O)OC(C)C. The first-order valence-corrected chi connectivity index (χ1v) is 4.77. The van der Waals surface area contributed by atoms with E-state index in [0.717, 1.165) is 12.8 Å². The summed E-state index contributed by atoms with van der Waals surface area (Å²) in [6, 6.07) is 0.135. The van der Waals surface area contributed by atoms with Gasteiger partial charge in [0.1, 0.15) is 0 Å². The molecule has 0 aromatic heterocycles. The van der Waals surface area contributed by atoms with E-state index in [1.165, 1.54) is 0 Å². The first-order chi connectivity index (χ1) is 6.10. The molecule has 0 heterocycles. The third kappa shape index (κ3) is 6.40. The van der Waals surface area contributed by atoms with Crippen LogP contribution in [0.3, 0.4) is 0 Å². The zero-order chi connectivity index (χ0) is 10.3. The van der Waals surface area contributed by atoms with E-state index in [-0.39, 0.29) is 18.2 Å². The van der Waals surface area contributed by atoms with E-state index in [4.69, 9.17) is 10.5 Å². The average Bonchev–Trinajstić information content (AvgIpc) is 2.02. The molecule has 0 aromatic carbocycles. The minimum atomic E-state index is -0.352. The second kappa shape index (κ2) is 6.71. The van der Waals surface area contributed by atoms with Crippen molar-refractivity contribution in [2.75, 3.05) is 6.54 Å². The van der Waals surface area contributed by atoms with Crippen LogP contribution in [0.25, 0.3) is 0 Å². The fourth-order valence-corrected chi connectivity index (χ4v) is 0.994. The van der Waals surface area contributed by atoms with Gasteiger partial charge in [0.15, 0.2) is 0 Å². The Bertz CT molecular complexity index is 149. The van der Waals surface area contributed by atoms with Gasteiger partial charge in [-0.25, -0.2) is 4.79 Å². The van der Waals surface area contributed by atoms with Crippen LogP contribution in [0.1, 0.15) is 33.6 Å². The quantitative estimate of drug-likeness (QED) is 0.682. The van der Waals surface area contributed by atoms with Gasteiger partial charge in [-0.3, -0.25) is 0 Å². The molecule has 13 heavy (non-hydrogen) atoms. The normalized spacial score (nSPS) is 12.7.